The van der Waals surface area contributed by atoms with Crippen LogP contribution in [0.4, 0.5) is 5.69 Å². The van der Waals surface area contributed by atoms with Gasteiger partial charge in [-0.2, -0.15) is 10.5 Å². The first kappa shape index (κ1) is 11.1. The third kappa shape index (κ3) is 2.39. The van der Waals surface area contributed by atoms with Crippen LogP contribution >= 0.6 is 0 Å². The number of tetrazole rings is 1. The van der Waals surface area contributed by atoms with Crippen LogP contribution in [0.1, 0.15) is 29.9 Å². The maximum Gasteiger partial charge on any atom is 0.196 e. The van der Waals surface area contributed by atoms with Crippen LogP contribution in [0.2, 0.25) is 0 Å². The molecule has 0 fully saturated rings. The molecule has 0 bridgehead atoms. The topological polar surface area (TPSA) is 90.3 Å². The molecule has 1 aromatic heterocycles. The van der Waals surface area contributed by atoms with E-state index in [0.29, 0.717) is 11.4 Å². The molecule has 1 unspecified atom stereocenters. The molecule has 2 aromatic rings. The number of nitrogens with one attached hydrogen (secondary N) is 2. The van der Waals surface area contributed by atoms with Gasteiger partial charge in [0, 0.05) is 0 Å². The molecule has 1 atom stereocenters. The lowest BCUT2D eigenvalue weighted by molar-refractivity contribution is 0.793. The third-order valence-electron chi connectivity index (χ3n) is 2.42. The van der Waals surface area contributed by atoms with Gasteiger partial charge in [-0.1, -0.05) is 11.3 Å². The van der Waals surface area contributed by atoms with Crippen LogP contribution in [0.25, 0.3) is 0 Å². The lowest BCUT2D eigenvalue weighted by Gasteiger charge is -2.13. The van der Waals surface area contributed by atoms with Crippen LogP contribution in [0, 0.1) is 18.3 Å². The van der Waals surface area contributed by atoms with Crippen molar-refractivity contribution in [1.29, 1.82) is 5.26 Å². The summed E-state index contributed by atoms with van der Waals surface area (Å²) in [6.07, 6.45) is 0. The predicted octanol–water partition coefficient (Wildman–Crippen LogP) is 1.55. The zero-order valence-electron chi connectivity index (χ0n) is 9.60. The van der Waals surface area contributed by atoms with Crippen molar-refractivity contribution in [2.45, 2.75) is 19.9 Å². The second kappa shape index (κ2) is 4.61. The summed E-state index contributed by atoms with van der Waals surface area (Å²) in [5.41, 5.74) is 2.47. The number of anilines is 1. The summed E-state index contributed by atoms with van der Waals surface area (Å²) in [6.45, 7) is 3.89. The quantitative estimate of drug-likeness (QED) is 0.831. The lowest BCUT2D eigenvalue weighted by Crippen LogP contribution is -2.09. The molecule has 0 aliphatic carbocycles. The van der Waals surface area contributed by atoms with E-state index in [1.807, 2.05) is 26.0 Å². The number of aryl methyl sites for hydroxylation is 1. The second-order valence-electron chi connectivity index (χ2n) is 3.80. The lowest BCUT2D eigenvalue weighted by atomic mass is 10.1. The maximum atomic E-state index is 9.01. The van der Waals surface area contributed by atoms with Crippen LogP contribution in [0.5, 0.6) is 0 Å². The van der Waals surface area contributed by atoms with E-state index in [0.717, 1.165) is 11.3 Å². The highest BCUT2D eigenvalue weighted by atomic mass is 15.5. The molecule has 0 amide bonds. The molecule has 1 aromatic carbocycles. The number of rotatable bonds is 3. The highest BCUT2D eigenvalue weighted by Gasteiger charge is 2.12. The number of nitrogens with zero attached hydrogens (tertiary/aromatic N) is 4. The monoisotopic (exact) mass is 228 g/mol. The van der Waals surface area contributed by atoms with Gasteiger partial charge in [0.05, 0.1) is 17.3 Å². The number of benzene rings is 1. The first-order valence-electron chi connectivity index (χ1n) is 5.21. The van der Waals surface area contributed by atoms with Gasteiger partial charge in [-0.15, -0.1) is 10.2 Å². The fourth-order valence-electron chi connectivity index (χ4n) is 1.53. The van der Waals surface area contributed by atoms with Gasteiger partial charge in [-0.3, -0.25) is 0 Å². The minimum absolute atomic E-state index is 0.109. The Morgan fingerprint density at radius 2 is 2.29 bits per heavy atom. The van der Waals surface area contributed by atoms with E-state index in [4.69, 9.17) is 5.26 Å². The number of aromatic nitrogens is 4. The molecule has 0 saturated heterocycles. The van der Waals surface area contributed by atoms with E-state index in [9.17, 15) is 0 Å². The Balaban J connectivity index is 2.24. The van der Waals surface area contributed by atoms with Crippen LogP contribution in [0.3, 0.4) is 0 Å². The number of hydrogen-bond acceptors (Lipinski definition) is 5. The third-order valence-corrected chi connectivity index (χ3v) is 2.42. The fourth-order valence-corrected chi connectivity index (χ4v) is 1.53. The summed E-state index contributed by atoms with van der Waals surface area (Å²) in [5.74, 6) is 0.565. The van der Waals surface area contributed by atoms with Crippen molar-refractivity contribution < 1.29 is 0 Å². The molecule has 0 spiro atoms. The van der Waals surface area contributed by atoms with E-state index in [-0.39, 0.29) is 6.04 Å². The van der Waals surface area contributed by atoms with Crippen LogP contribution in [-0.4, -0.2) is 20.6 Å². The largest absolute Gasteiger partial charge is 0.374 e. The molecule has 2 rings (SSSR count). The Kier molecular flexibility index (Phi) is 3.01. The Morgan fingerprint density at radius 1 is 1.47 bits per heavy atom. The molecule has 0 aliphatic heterocycles. The van der Waals surface area contributed by atoms with E-state index < -0.39 is 0 Å². The van der Waals surface area contributed by atoms with Gasteiger partial charge >= 0.3 is 0 Å². The standard InChI is InChI=1S/C11H12N6/c1-7-3-4-9(6-12)10(5-7)13-8(2)11-14-16-17-15-11/h3-5,8,13H,1-2H3,(H,14,15,16,17). The molecule has 0 aliphatic rings. The smallest absolute Gasteiger partial charge is 0.196 e. The minimum atomic E-state index is -0.109. The molecule has 0 saturated carbocycles. The molecule has 2 N–H and O–H groups in total. The highest BCUT2D eigenvalue weighted by molar-refractivity contribution is 5.59. The van der Waals surface area contributed by atoms with E-state index >= 15 is 0 Å². The molecular formula is C11H12N6. The van der Waals surface area contributed by atoms with Crippen molar-refractivity contribution in [3.8, 4) is 6.07 Å². The van der Waals surface area contributed by atoms with Crippen LogP contribution in [-0.2, 0) is 0 Å². The van der Waals surface area contributed by atoms with Gasteiger partial charge in [-0.25, -0.2) is 0 Å². The van der Waals surface area contributed by atoms with Crippen molar-refractivity contribution in [3.05, 3.63) is 35.2 Å². The highest BCUT2D eigenvalue weighted by Crippen LogP contribution is 2.21. The van der Waals surface area contributed by atoms with Crippen molar-refractivity contribution >= 4 is 5.69 Å². The summed E-state index contributed by atoms with van der Waals surface area (Å²) >= 11 is 0. The molecule has 6 nitrogen and oxygen atoms in total. The maximum absolute atomic E-state index is 9.01. The molecular weight excluding hydrogens is 216 g/mol. The SMILES string of the molecule is Cc1ccc(C#N)c(NC(C)c2nn[nH]n2)c1. The molecule has 6 heteroatoms. The molecule has 1 heterocycles. The van der Waals surface area contributed by atoms with E-state index in [2.05, 4.69) is 32.0 Å². The molecule has 86 valence electrons. The van der Waals surface area contributed by atoms with Gasteiger partial charge in [0.1, 0.15) is 6.07 Å². The first-order valence-corrected chi connectivity index (χ1v) is 5.21. The van der Waals surface area contributed by atoms with Gasteiger partial charge in [0.25, 0.3) is 0 Å². The summed E-state index contributed by atoms with van der Waals surface area (Å²) in [6, 6.07) is 7.66. The second-order valence-corrected chi connectivity index (χ2v) is 3.80. The normalized spacial score (nSPS) is 11.8. The average Bonchev–Trinajstić information content (AvgIpc) is 2.83. The zero-order valence-corrected chi connectivity index (χ0v) is 9.60. The van der Waals surface area contributed by atoms with Crippen molar-refractivity contribution in [1.82, 2.24) is 20.6 Å². The average molecular weight is 228 g/mol. The fraction of sp³-hybridized carbons (Fsp3) is 0.273. The zero-order chi connectivity index (χ0) is 12.3. The molecule has 17 heavy (non-hydrogen) atoms. The van der Waals surface area contributed by atoms with Gasteiger partial charge in [0.15, 0.2) is 5.82 Å². The van der Waals surface area contributed by atoms with Crippen LogP contribution in [0.15, 0.2) is 18.2 Å². The van der Waals surface area contributed by atoms with Crippen molar-refractivity contribution in [3.63, 3.8) is 0 Å². The summed E-state index contributed by atoms with van der Waals surface area (Å²) in [5, 5.41) is 25.9. The Morgan fingerprint density at radius 3 is 2.94 bits per heavy atom. The van der Waals surface area contributed by atoms with E-state index in [1.165, 1.54) is 0 Å². The Bertz CT molecular complexity index is 540. The first-order chi connectivity index (χ1) is 8.20. The van der Waals surface area contributed by atoms with Crippen molar-refractivity contribution in [2.75, 3.05) is 5.32 Å². The number of H-pyrrole nitrogens is 1. The number of hydrogen-bond donors (Lipinski definition) is 2. The van der Waals surface area contributed by atoms with Gasteiger partial charge < -0.3 is 5.32 Å². The van der Waals surface area contributed by atoms with Gasteiger partial charge in [-0.05, 0) is 31.5 Å². The Labute approximate surface area is 98.7 Å². The van der Waals surface area contributed by atoms with Crippen molar-refractivity contribution in [2.24, 2.45) is 0 Å². The summed E-state index contributed by atoms with van der Waals surface area (Å²) in [4.78, 5) is 0. The number of aromatic amines is 1. The van der Waals surface area contributed by atoms with Gasteiger partial charge in [0.2, 0.25) is 0 Å². The predicted molar refractivity (Wildman–Crippen MR) is 62.1 cm³/mol. The summed E-state index contributed by atoms with van der Waals surface area (Å²) < 4.78 is 0. The Hall–Kier alpha value is -2.42. The number of nitriles is 1. The molecule has 0 radical (unpaired) electrons. The minimum Gasteiger partial charge on any atom is -0.374 e. The summed E-state index contributed by atoms with van der Waals surface area (Å²) in [7, 11) is 0. The van der Waals surface area contributed by atoms with E-state index in [1.54, 1.807) is 6.07 Å². The van der Waals surface area contributed by atoms with Crippen LogP contribution < -0.4 is 5.32 Å².